The molecule has 0 unspecified atom stereocenters. The quantitative estimate of drug-likeness (QED) is 0.329. The van der Waals surface area contributed by atoms with E-state index < -0.39 is 36.1 Å². The summed E-state index contributed by atoms with van der Waals surface area (Å²) in [7, 11) is 0. The molecule has 1 N–H and O–H groups in total. The van der Waals surface area contributed by atoms with Crippen LogP contribution in [0.4, 0.5) is 4.79 Å². The minimum atomic E-state index is -0.988. The second-order valence-electron chi connectivity index (χ2n) is 7.95. The number of imide groups is 2. The number of Topliss-reactive ketones (excluding diaryl/α,β-unsaturated/α-hetero) is 1. The van der Waals surface area contributed by atoms with Gasteiger partial charge in [0, 0.05) is 11.7 Å². The Morgan fingerprint density at radius 2 is 1.77 bits per heavy atom. The maximum atomic E-state index is 12.9. The lowest BCUT2D eigenvalue weighted by atomic mass is 9.85. The van der Waals surface area contributed by atoms with Gasteiger partial charge in [-0.1, -0.05) is 19.8 Å². The topological polar surface area (TPSA) is 117 Å². The predicted octanol–water partition coefficient (Wildman–Crippen LogP) is 2.36. The number of aromatic nitrogens is 1. The standard InChI is InChI=1S/C21H27N3O6/c1-5-30-20(28)16-12(3)17(22-13(16)4)15(25)10-23-18(26)19(27)24(21(23)29)14-9-7-6-8-11(14)2/h11,14,22H,5-10H2,1-4H3/t11-,14-/m1/s1. The Kier molecular flexibility index (Phi) is 6.09. The zero-order valence-electron chi connectivity index (χ0n) is 17.7. The molecule has 1 saturated heterocycles. The van der Waals surface area contributed by atoms with Gasteiger partial charge in [0.2, 0.25) is 0 Å². The molecule has 162 valence electrons. The van der Waals surface area contributed by atoms with E-state index in [0.717, 1.165) is 24.2 Å². The van der Waals surface area contributed by atoms with Crippen molar-refractivity contribution >= 4 is 29.6 Å². The highest BCUT2D eigenvalue weighted by molar-refractivity contribution is 6.45. The van der Waals surface area contributed by atoms with Crippen molar-refractivity contribution in [2.75, 3.05) is 13.2 Å². The van der Waals surface area contributed by atoms with Crippen molar-refractivity contribution in [1.29, 1.82) is 0 Å². The summed E-state index contributed by atoms with van der Waals surface area (Å²) in [5, 5.41) is 0. The van der Waals surface area contributed by atoms with E-state index in [2.05, 4.69) is 4.98 Å². The van der Waals surface area contributed by atoms with Gasteiger partial charge in [0.25, 0.3) is 0 Å². The van der Waals surface area contributed by atoms with Crippen LogP contribution in [0, 0.1) is 19.8 Å². The van der Waals surface area contributed by atoms with E-state index in [1.807, 2.05) is 6.92 Å². The van der Waals surface area contributed by atoms with Crippen molar-refractivity contribution in [3.8, 4) is 0 Å². The van der Waals surface area contributed by atoms with E-state index in [4.69, 9.17) is 4.74 Å². The van der Waals surface area contributed by atoms with Gasteiger partial charge in [-0.2, -0.15) is 0 Å². The number of amides is 4. The number of rotatable bonds is 6. The van der Waals surface area contributed by atoms with E-state index in [-0.39, 0.29) is 29.8 Å². The number of ether oxygens (including phenoxy) is 1. The van der Waals surface area contributed by atoms with Gasteiger partial charge in [0.05, 0.1) is 24.4 Å². The normalized spacial score (nSPS) is 22.1. The highest BCUT2D eigenvalue weighted by atomic mass is 16.5. The zero-order valence-corrected chi connectivity index (χ0v) is 17.7. The number of hydrogen-bond donors (Lipinski definition) is 1. The zero-order chi connectivity index (χ0) is 22.2. The van der Waals surface area contributed by atoms with Crippen LogP contribution in [0.25, 0.3) is 0 Å². The molecule has 9 nitrogen and oxygen atoms in total. The Morgan fingerprint density at radius 3 is 2.40 bits per heavy atom. The number of aromatic amines is 1. The molecule has 0 bridgehead atoms. The van der Waals surface area contributed by atoms with Crippen LogP contribution in [-0.4, -0.2) is 63.6 Å². The van der Waals surface area contributed by atoms with Gasteiger partial charge in [-0.3, -0.25) is 19.3 Å². The third kappa shape index (κ3) is 3.64. The first-order valence-corrected chi connectivity index (χ1v) is 10.3. The fraction of sp³-hybridized carbons (Fsp3) is 0.571. The molecule has 9 heteroatoms. The SMILES string of the molecule is CCOC(=O)c1c(C)[nH]c(C(=O)CN2C(=O)C(=O)N([C@@H]3CCCC[C@H]3C)C2=O)c1C. The molecule has 4 amide bonds. The molecule has 3 rings (SSSR count). The third-order valence-electron chi connectivity index (χ3n) is 5.98. The van der Waals surface area contributed by atoms with Gasteiger partial charge in [-0.25, -0.2) is 14.5 Å². The van der Waals surface area contributed by atoms with Gasteiger partial charge < -0.3 is 9.72 Å². The Bertz CT molecular complexity index is 918. The average molecular weight is 417 g/mol. The molecule has 0 spiro atoms. The van der Waals surface area contributed by atoms with Gasteiger partial charge in [-0.05, 0) is 45.1 Å². The number of nitrogens with zero attached hydrogens (tertiary/aromatic N) is 2. The molecule has 1 aliphatic heterocycles. The lowest BCUT2D eigenvalue weighted by Gasteiger charge is -2.34. The molecular formula is C21H27N3O6. The van der Waals surface area contributed by atoms with Crippen LogP contribution in [0.1, 0.15) is 71.6 Å². The molecule has 1 aliphatic carbocycles. The van der Waals surface area contributed by atoms with Crippen molar-refractivity contribution in [1.82, 2.24) is 14.8 Å². The number of urea groups is 1. The first-order valence-electron chi connectivity index (χ1n) is 10.3. The van der Waals surface area contributed by atoms with E-state index in [1.165, 1.54) is 0 Å². The van der Waals surface area contributed by atoms with E-state index in [9.17, 15) is 24.0 Å². The fourth-order valence-electron chi connectivity index (χ4n) is 4.40. The van der Waals surface area contributed by atoms with E-state index in [1.54, 1.807) is 20.8 Å². The summed E-state index contributed by atoms with van der Waals surface area (Å²) >= 11 is 0. The number of ketones is 1. The molecule has 2 aliphatic rings. The average Bonchev–Trinajstić information content (AvgIpc) is 3.10. The van der Waals surface area contributed by atoms with Crippen molar-refractivity contribution < 1.29 is 28.7 Å². The largest absolute Gasteiger partial charge is 0.462 e. The number of carbonyl (C=O) groups is 5. The Balaban J connectivity index is 1.81. The maximum absolute atomic E-state index is 12.9. The summed E-state index contributed by atoms with van der Waals surface area (Å²) in [5.74, 6) is -2.87. The maximum Gasteiger partial charge on any atom is 0.340 e. The molecular weight excluding hydrogens is 390 g/mol. The second-order valence-corrected chi connectivity index (χ2v) is 7.95. The monoisotopic (exact) mass is 417 g/mol. The summed E-state index contributed by atoms with van der Waals surface area (Å²) in [6.07, 6.45) is 3.45. The first-order chi connectivity index (χ1) is 14.2. The molecule has 1 aromatic rings. The van der Waals surface area contributed by atoms with Gasteiger partial charge in [-0.15, -0.1) is 0 Å². The van der Waals surface area contributed by atoms with Gasteiger partial charge in [0.1, 0.15) is 0 Å². The number of aryl methyl sites for hydroxylation is 1. The second kappa shape index (κ2) is 8.41. The number of carbonyl (C=O) groups excluding carboxylic acids is 5. The highest BCUT2D eigenvalue weighted by Gasteiger charge is 2.49. The van der Waals surface area contributed by atoms with Crippen molar-refractivity contribution in [3.05, 3.63) is 22.5 Å². The van der Waals surface area contributed by atoms with Crippen molar-refractivity contribution in [3.63, 3.8) is 0 Å². The molecule has 2 heterocycles. The van der Waals surface area contributed by atoms with Crippen LogP contribution in [0.2, 0.25) is 0 Å². The summed E-state index contributed by atoms with van der Waals surface area (Å²) in [5.41, 5.74) is 1.22. The molecule has 1 saturated carbocycles. The van der Waals surface area contributed by atoms with Gasteiger partial charge in [0.15, 0.2) is 5.78 Å². The molecule has 1 aromatic heterocycles. The van der Waals surface area contributed by atoms with E-state index >= 15 is 0 Å². The van der Waals surface area contributed by atoms with Crippen LogP contribution in [0.15, 0.2) is 0 Å². The Labute approximate surface area is 174 Å². The van der Waals surface area contributed by atoms with Crippen LogP contribution >= 0.6 is 0 Å². The van der Waals surface area contributed by atoms with Gasteiger partial charge >= 0.3 is 23.8 Å². The summed E-state index contributed by atoms with van der Waals surface area (Å²) < 4.78 is 5.02. The number of esters is 1. The molecule has 2 fully saturated rings. The molecule has 2 atom stereocenters. The van der Waals surface area contributed by atoms with Crippen molar-refractivity contribution in [2.45, 2.75) is 59.4 Å². The van der Waals surface area contributed by atoms with E-state index in [0.29, 0.717) is 22.6 Å². The molecule has 30 heavy (non-hydrogen) atoms. The smallest absolute Gasteiger partial charge is 0.340 e. The third-order valence-corrected chi connectivity index (χ3v) is 5.98. The first kappa shape index (κ1) is 21.7. The summed E-state index contributed by atoms with van der Waals surface area (Å²) in [6.45, 7) is 6.51. The Hall–Kier alpha value is -2.97. The predicted molar refractivity (Wildman–Crippen MR) is 106 cm³/mol. The van der Waals surface area contributed by atoms with Crippen LogP contribution < -0.4 is 0 Å². The number of nitrogens with one attached hydrogen (secondary N) is 1. The Morgan fingerprint density at radius 1 is 1.10 bits per heavy atom. The van der Waals surface area contributed by atoms with Crippen LogP contribution in [-0.2, 0) is 14.3 Å². The van der Waals surface area contributed by atoms with Crippen LogP contribution in [0.3, 0.4) is 0 Å². The minimum Gasteiger partial charge on any atom is -0.462 e. The lowest BCUT2D eigenvalue weighted by molar-refractivity contribution is -0.144. The van der Waals surface area contributed by atoms with Crippen LogP contribution in [0.5, 0.6) is 0 Å². The minimum absolute atomic E-state index is 0.107. The molecule has 0 aromatic carbocycles. The summed E-state index contributed by atoms with van der Waals surface area (Å²) in [4.78, 5) is 67.4. The van der Waals surface area contributed by atoms with Crippen molar-refractivity contribution in [2.24, 2.45) is 5.92 Å². The molecule has 0 radical (unpaired) electrons. The number of H-pyrrole nitrogens is 1. The lowest BCUT2D eigenvalue weighted by Crippen LogP contribution is -2.46. The fourth-order valence-corrected chi connectivity index (χ4v) is 4.40. The number of hydrogen-bond acceptors (Lipinski definition) is 6. The highest BCUT2D eigenvalue weighted by Crippen LogP contribution is 2.31. The summed E-state index contributed by atoms with van der Waals surface area (Å²) in [6, 6.07) is -1.07.